The standard InChI is InChI=1S/C19H26N2O4S/c1-26(23,24)20-13-14-6-9-21(10-7-14)18(22)16-12-19(16)8-11-25-17-5-3-2-4-15(17)19/h2-5,14,16,20H,6-13H2,1H3/t16-,19-/m0/s1. The molecule has 26 heavy (non-hydrogen) atoms. The highest BCUT2D eigenvalue weighted by molar-refractivity contribution is 7.88. The normalized spacial score (nSPS) is 28.5. The van der Waals surface area contributed by atoms with Gasteiger partial charge in [0.25, 0.3) is 0 Å². The quantitative estimate of drug-likeness (QED) is 0.862. The van der Waals surface area contributed by atoms with Crippen LogP contribution in [0.5, 0.6) is 5.75 Å². The van der Waals surface area contributed by atoms with Crippen LogP contribution in [0, 0.1) is 11.8 Å². The lowest BCUT2D eigenvalue weighted by atomic mass is 9.87. The second-order valence-corrected chi connectivity index (χ2v) is 9.73. The van der Waals surface area contributed by atoms with E-state index in [4.69, 9.17) is 4.74 Å². The van der Waals surface area contributed by atoms with Crippen LogP contribution in [-0.4, -0.2) is 51.7 Å². The molecule has 6 nitrogen and oxygen atoms in total. The van der Waals surface area contributed by atoms with Crippen LogP contribution in [0.4, 0.5) is 0 Å². The van der Waals surface area contributed by atoms with Crippen LogP contribution in [0.1, 0.15) is 31.2 Å². The average molecular weight is 378 g/mol. The van der Waals surface area contributed by atoms with E-state index in [1.165, 1.54) is 11.8 Å². The van der Waals surface area contributed by atoms with E-state index in [1.807, 2.05) is 23.1 Å². The van der Waals surface area contributed by atoms with Crippen LogP contribution in [0.2, 0.25) is 0 Å². The van der Waals surface area contributed by atoms with E-state index < -0.39 is 10.0 Å². The first-order valence-electron chi connectivity index (χ1n) is 9.35. The molecule has 1 N–H and O–H groups in total. The van der Waals surface area contributed by atoms with Crippen molar-refractivity contribution in [3.05, 3.63) is 29.8 Å². The number of benzene rings is 1. The van der Waals surface area contributed by atoms with Crippen LogP contribution >= 0.6 is 0 Å². The number of nitrogens with zero attached hydrogens (tertiary/aromatic N) is 1. The predicted octanol–water partition coefficient (Wildman–Crippen LogP) is 1.51. The van der Waals surface area contributed by atoms with Gasteiger partial charge >= 0.3 is 0 Å². The highest BCUT2D eigenvalue weighted by Crippen LogP contribution is 2.61. The molecule has 1 aromatic carbocycles. The topological polar surface area (TPSA) is 75.7 Å². The molecule has 1 aromatic rings. The zero-order chi connectivity index (χ0) is 18.4. The van der Waals surface area contributed by atoms with Gasteiger partial charge in [-0.05, 0) is 37.7 Å². The van der Waals surface area contributed by atoms with Gasteiger partial charge in [-0.2, -0.15) is 0 Å². The maximum atomic E-state index is 13.0. The number of sulfonamides is 1. The summed E-state index contributed by atoms with van der Waals surface area (Å²) >= 11 is 0. The number of rotatable bonds is 4. The second kappa shape index (κ2) is 6.53. The third kappa shape index (κ3) is 3.34. The number of para-hydroxylation sites is 1. The Hall–Kier alpha value is -1.60. The maximum Gasteiger partial charge on any atom is 0.226 e. The lowest BCUT2D eigenvalue weighted by molar-refractivity contribution is -0.134. The lowest BCUT2D eigenvalue weighted by Gasteiger charge is -2.33. The summed E-state index contributed by atoms with van der Waals surface area (Å²) in [6, 6.07) is 8.10. The summed E-state index contributed by atoms with van der Waals surface area (Å²) in [5, 5.41) is 0. The van der Waals surface area contributed by atoms with Gasteiger partial charge in [0.05, 0.1) is 12.9 Å². The summed E-state index contributed by atoms with van der Waals surface area (Å²) in [6.45, 7) is 2.60. The Morgan fingerprint density at radius 1 is 1.31 bits per heavy atom. The van der Waals surface area contributed by atoms with Crippen LogP contribution in [0.15, 0.2) is 24.3 Å². The molecular formula is C19H26N2O4S. The monoisotopic (exact) mass is 378 g/mol. The largest absolute Gasteiger partial charge is 0.493 e. The van der Waals surface area contributed by atoms with E-state index in [2.05, 4.69) is 10.8 Å². The van der Waals surface area contributed by atoms with E-state index in [-0.39, 0.29) is 17.2 Å². The molecule has 0 unspecified atom stereocenters. The Balaban J connectivity index is 1.36. The number of likely N-dealkylation sites (tertiary alicyclic amines) is 1. The first-order valence-corrected chi connectivity index (χ1v) is 11.2. The van der Waals surface area contributed by atoms with Crippen LogP contribution < -0.4 is 9.46 Å². The Morgan fingerprint density at radius 3 is 2.77 bits per heavy atom. The number of hydrogen-bond acceptors (Lipinski definition) is 4. The van der Waals surface area contributed by atoms with E-state index in [1.54, 1.807) is 0 Å². The molecule has 7 heteroatoms. The van der Waals surface area contributed by atoms with Crippen LogP contribution in [0.3, 0.4) is 0 Å². The van der Waals surface area contributed by atoms with Crippen LogP contribution in [0.25, 0.3) is 0 Å². The minimum atomic E-state index is -3.15. The van der Waals surface area contributed by atoms with Gasteiger partial charge in [0.1, 0.15) is 5.75 Å². The third-order valence-corrected chi connectivity index (χ3v) is 6.85. The minimum absolute atomic E-state index is 0.0272. The molecule has 2 aliphatic heterocycles. The Morgan fingerprint density at radius 2 is 2.04 bits per heavy atom. The first-order chi connectivity index (χ1) is 12.4. The van der Waals surface area contributed by atoms with Gasteiger partial charge in [-0.15, -0.1) is 0 Å². The lowest BCUT2D eigenvalue weighted by Crippen LogP contribution is -2.43. The van der Waals surface area contributed by atoms with E-state index >= 15 is 0 Å². The van der Waals surface area contributed by atoms with Gasteiger partial charge < -0.3 is 9.64 Å². The van der Waals surface area contributed by atoms with Crippen molar-refractivity contribution in [1.29, 1.82) is 0 Å². The fraction of sp³-hybridized carbons (Fsp3) is 0.632. The van der Waals surface area contributed by atoms with Gasteiger partial charge in [0.2, 0.25) is 15.9 Å². The Kier molecular flexibility index (Phi) is 4.47. The summed E-state index contributed by atoms with van der Waals surface area (Å²) in [4.78, 5) is 15.0. The SMILES string of the molecule is CS(=O)(=O)NCC1CCN(C(=O)[C@@H]2C[C@]23CCOc2ccccc23)CC1. The van der Waals surface area contributed by atoms with Gasteiger partial charge in [-0.25, -0.2) is 13.1 Å². The number of ether oxygens (including phenoxy) is 1. The zero-order valence-electron chi connectivity index (χ0n) is 15.1. The van der Waals surface area contributed by atoms with Crippen molar-refractivity contribution in [2.75, 3.05) is 32.5 Å². The van der Waals surface area contributed by atoms with Crippen molar-refractivity contribution >= 4 is 15.9 Å². The van der Waals surface area contributed by atoms with E-state index in [0.717, 1.165) is 44.5 Å². The van der Waals surface area contributed by atoms with Crippen molar-refractivity contribution in [2.45, 2.75) is 31.1 Å². The minimum Gasteiger partial charge on any atom is -0.493 e. The predicted molar refractivity (Wildman–Crippen MR) is 98.5 cm³/mol. The molecule has 142 valence electrons. The second-order valence-electron chi connectivity index (χ2n) is 7.90. The number of amides is 1. The number of nitrogens with one attached hydrogen (secondary N) is 1. The number of piperidine rings is 1. The van der Waals surface area contributed by atoms with Gasteiger partial charge in [0.15, 0.2) is 0 Å². The van der Waals surface area contributed by atoms with Crippen molar-refractivity contribution < 1.29 is 17.9 Å². The van der Waals surface area contributed by atoms with Crippen molar-refractivity contribution in [2.24, 2.45) is 11.8 Å². The van der Waals surface area contributed by atoms with E-state index in [0.29, 0.717) is 19.1 Å². The average Bonchev–Trinajstić information content (AvgIpc) is 3.34. The molecule has 2 heterocycles. The van der Waals surface area contributed by atoms with Crippen molar-refractivity contribution in [1.82, 2.24) is 9.62 Å². The zero-order valence-corrected chi connectivity index (χ0v) is 15.9. The molecular weight excluding hydrogens is 352 g/mol. The van der Waals surface area contributed by atoms with Gasteiger partial charge in [-0.3, -0.25) is 4.79 Å². The summed E-state index contributed by atoms with van der Waals surface area (Å²) < 4.78 is 30.8. The smallest absolute Gasteiger partial charge is 0.226 e. The molecule has 1 saturated heterocycles. The molecule has 4 rings (SSSR count). The molecule has 3 aliphatic rings. The molecule has 2 atom stereocenters. The highest BCUT2D eigenvalue weighted by atomic mass is 32.2. The Bertz CT molecular complexity index is 802. The van der Waals surface area contributed by atoms with E-state index in [9.17, 15) is 13.2 Å². The fourth-order valence-electron chi connectivity index (χ4n) is 4.53. The molecule has 1 amide bonds. The highest BCUT2D eigenvalue weighted by Gasteiger charge is 2.61. The number of carbonyl (C=O) groups excluding carboxylic acids is 1. The van der Waals surface area contributed by atoms with Crippen molar-refractivity contribution in [3.8, 4) is 5.75 Å². The first kappa shape index (κ1) is 17.8. The molecule has 0 aromatic heterocycles. The fourth-order valence-corrected chi connectivity index (χ4v) is 5.07. The number of hydrogen-bond donors (Lipinski definition) is 1. The summed E-state index contributed by atoms with van der Waals surface area (Å²) in [5.41, 5.74) is 1.16. The Labute approximate surface area is 155 Å². The molecule has 2 fully saturated rings. The molecule has 0 radical (unpaired) electrons. The summed E-state index contributed by atoms with van der Waals surface area (Å²) in [6.07, 6.45) is 4.72. The molecule has 1 aliphatic carbocycles. The molecule has 1 saturated carbocycles. The van der Waals surface area contributed by atoms with Crippen molar-refractivity contribution in [3.63, 3.8) is 0 Å². The maximum absolute atomic E-state index is 13.0. The number of carbonyl (C=O) groups is 1. The molecule has 1 spiro atoms. The van der Waals surface area contributed by atoms with Gasteiger partial charge in [-0.1, -0.05) is 18.2 Å². The molecule has 0 bridgehead atoms. The summed E-state index contributed by atoms with van der Waals surface area (Å²) in [5.74, 6) is 1.57. The third-order valence-electron chi connectivity index (χ3n) is 6.16. The van der Waals surface area contributed by atoms with Gasteiger partial charge in [0, 0.05) is 36.5 Å². The van der Waals surface area contributed by atoms with Crippen LogP contribution in [-0.2, 0) is 20.2 Å². The number of fused-ring (bicyclic) bond motifs is 2. The summed E-state index contributed by atoms with van der Waals surface area (Å²) in [7, 11) is -3.15.